The number of ether oxygens (including phenoxy) is 1. The fourth-order valence-electron chi connectivity index (χ4n) is 4.04. The van der Waals surface area contributed by atoms with Crippen molar-refractivity contribution in [3.8, 4) is 5.75 Å². The Morgan fingerprint density at radius 2 is 1.76 bits per heavy atom. The molecule has 2 amide bonds. The Balaban J connectivity index is 1.30. The molecule has 34 heavy (non-hydrogen) atoms. The molecular weight excluding hydrogens is 428 g/mol. The van der Waals surface area contributed by atoms with Crippen LogP contribution in [0.2, 0.25) is 0 Å². The zero-order valence-corrected chi connectivity index (χ0v) is 19.3. The van der Waals surface area contributed by atoms with E-state index in [0.717, 1.165) is 27.6 Å². The van der Waals surface area contributed by atoms with Crippen molar-refractivity contribution in [3.63, 3.8) is 0 Å². The van der Waals surface area contributed by atoms with Gasteiger partial charge in [0.1, 0.15) is 12.3 Å². The number of carbonyl (C=O) groups excluding carboxylic acids is 2. The molecule has 174 valence electrons. The molecule has 0 radical (unpaired) electrons. The van der Waals surface area contributed by atoms with Crippen molar-refractivity contribution in [2.24, 2.45) is 0 Å². The Labute approximate surface area is 198 Å². The molecule has 4 aromatic rings. The van der Waals surface area contributed by atoms with Gasteiger partial charge in [0, 0.05) is 12.6 Å². The van der Waals surface area contributed by atoms with Gasteiger partial charge < -0.3 is 15.4 Å². The van der Waals surface area contributed by atoms with Crippen molar-refractivity contribution in [1.29, 1.82) is 0 Å². The standard InChI is InChI=1S/C27H28N4O3/c1-19(23-12-7-10-20-8-3-5-11-24(20)23)29-27(33)18-31-17-22(16-28-31)30-26(32)15-14-21-9-4-6-13-25(21)34-2/h3-13,16-17,19H,14-15,18H2,1-2H3,(H,29,33)(H,30,32)/t19-/m1/s1. The van der Waals surface area contributed by atoms with Gasteiger partial charge in [0.25, 0.3) is 0 Å². The van der Waals surface area contributed by atoms with Gasteiger partial charge in [-0.25, -0.2) is 0 Å². The topological polar surface area (TPSA) is 85.2 Å². The SMILES string of the molecule is COc1ccccc1CCC(=O)Nc1cnn(CC(=O)N[C@H](C)c2cccc3ccccc23)c1. The highest BCUT2D eigenvalue weighted by Crippen LogP contribution is 2.24. The molecule has 1 atom stereocenters. The molecule has 0 saturated heterocycles. The van der Waals surface area contributed by atoms with Crippen LogP contribution in [0.3, 0.4) is 0 Å². The summed E-state index contributed by atoms with van der Waals surface area (Å²) in [5, 5.41) is 12.3. The largest absolute Gasteiger partial charge is 0.496 e. The third-order valence-corrected chi connectivity index (χ3v) is 5.70. The average molecular weight is 457 g/mol. The number of hydrogen-bond acceptors (Lipinski definition) is 4. The number of carbonyl (C=O) groups is 2. The van der Waals surface area contributed by atoms with Gasteiger partial charge in [-0.3, -0.25) is 14.3 Å². The Morgan fingerprint density at radius 3 is 2.62 bits per heavy atom. The van der Waals surface area contributed by atoms with Crippen LogP contribution in [0.4, 0.5) is 5.69 Å². The van der Waals surface area contributed by atoms with Crippen LogP contribution in [-0.2, 0) is 22.6 Å². The van der Waals surface area contributed by atoms with E-state index in [1.54, 1.807) is 19.5 Å². The van der Waals surface area contributed by atoms with Crippen LogP contribution in [0.25, 0.3) is 10.8 Å². The monoisotopic (exact) mass is 456 g/mol. The zero-order chi connectivity index (χ0) is 23.9. The first-order valence-electron chi connectivity index (χ1n) is 11.2. The van der Waals surface area contributed by atoms with Crippen LogP contribution in [-0.4, -0.2) is 28.7 Å². The van der Waals surface area contributed by atoms with Gasteiger partial charge in [0.05, 0.1) is 25.0 Å². The number of aromatic nitrogens is 2. The third-order valence-electron chi connectivity index (χ3n) is 5.70. The smallest absolute Gasteiger partial charge is 0.242 e. The minimum atomic E-state index is -0.155. The van der Waals surface area contributed by atoms with Gasteiger partial charge >= 0.3 is 0 Å². The number of hydrogen-bond donors (Lipinski definition) is 2. The van der Waals surface area contributed by atoms with Gasteiger partial charge in [0.2, 0.25) is 11.8 Å². The van der Waals surface area contributed by atoms with Crippen molar-refractivity contribution >= 4 is 28.3 Å². The lowest BCUT2D eigenvalue weighted by atomic mass is 10.00. The molecule has 0 aliphatic rings. The number of para-hydroxylation sites is 1. The van der Waals surface area contributed by atoms with E-state index in [1.165, 1.54) is 4.68 Å². The van der Waals surface area contributed by atoms with E-state index in [9.17, 15) is 9.59 Å². The lowest BCUT2D eigenvalue weighted by Gasteiger charge is -2.16. The third kappa shape index (κ3) is 5.61. The second-order valence-electron chi connectivity index (χ2n) is 8.14. The van der Waals surface area contributed by atoms with Gasteiger partial charge in [-0.05, 0) is 41.3 Å². The van der Waals surface area contributed by atoms with Crippen LogP contribution in [0, 0.1) is 0 Å². The maximum Gasteiger partial charge on any atom is 0.242 e. The van der Waals surface area contributed by atoms with Crippen LogP contribution >= 0.6 is 0 Å². The maximum absolute atomic E-state index is 12.6. The maximum atomic E-state index is 12.6. The highest BCUT2D eigenvalue weighted by molar-refractivity contribution is 5.90. The normalized spacial score (nSPS) is 11.7. The average Bonchev–Trinajstić information content (AvgIpc) is 3.28. The second kappa shape index (κ2) is 10.7. The minimum absolute atomic E-state index is 0.0617. The number of aryl methyl sites for hydroxylation is 1. The molecule has 7 nitrogen and oxygen atoms in total. The molecule has 4 rings (SSSR count). The van der Waals surface area contributed by atoms with Gasteiger partial charge in [-0.15, -0.1) is 0 Å². The molecule has 3 aromatic carbocycles. The summed E-state index contributed by atoms with van der Waals surface area (Å²) < 4.78 is 6.84. The highest BCUT2D eigenvalue weighted by Gasteiger charge is 2.14. The van der Waals surface area contributed by atoms with Crippen molar-refractivity contribution in [2.75, 3.05) is 12.4 Å². The van der Waals surface area contributed by atoms with E-state index >= 15 is 0 Å². The van der Waals surface area contributed by atoms with Gasteiger partial charge in [0.15, 0.2) is 0 Å². The van der Waals surface area contributed by atoms with Crippen molar-refractivity contribution in [3.05, 3.63) is 90.3 Å². The number of anilines is 1. The predicted molar refractivity (Wildman–Crippen MR) is 133 cm³/mol. The Hall–Kier alpha value is -4.13. The molecule has 2 N–H and O–H groups in total. The predicted octanol–water partition coefficient (Wildman–Crippen LogP) is 4.49. The van der Waals surface area contributed by atoms with Crippen molar-refractivity contribution in [2.45, 2.75) is 32.4 Å². The number of fused-ring (bicyclic) bond motifs is 1. The first-order chi connectivity index (χ1) is 16.5. The Kier molecular flexibility index (Phi) is 7.22. The summed E-state index contributed by atoms with van der Waals surface area (Å²) in [5.74, 6) is 0.490. The molecule has 0 aliphatic heterocycles. The quantitative estimate of drug-likeness (QED) is 0.389. The number of amides is 2. The van der Waals surface area contributed by atoms with E-state index in [0.29, 0.717) is 18.5 Å². The van der Waals surface area contributed by atoms with E-state index in [4.69, 9.17) is 4.74 Å². The molecule has 0 aliphatic carbocycles. The lowest BCUT2D eigenvalue weighted by molar-refractivity contribution is -0.122. The van der Waals surface area contributed by atoms with Crippen LogP contribution in [0.1, 0.15) is 30.5 Å². The number of nitrogens with zero attached hydrogens (tertiary/aromatic N) is 2. The summed E-state index contributed by atoms with van der Waals surface area (Å²) in [4.78, 5) is 25.0. The Morgan fingerprint density at radius 1 is 1.00 bits per heavy atom. The molecule has 1 aromatic heterocycles. The summed E-state index contributed by atoms with van der Waals surface area (Å²) >= 11 is 0. The van der Waals surface area contributed by atoms with Crippen LogP contribution < -0.4 is 15.4 Å². The number of benzene rings is 3. The molecule has 7 heteroatoms. The zero-order valence-electron chi connectivity index (χ0n) is 19.3. The van der Waals surface area contributed by atoms with Crippen LogP contribution in [0.15, 0.2) is 79.1 Å². The fraction of sp³-hybridized carbons (Fsp3) is 0.222. The summed E-state index contributed by atoms with van der Waals surface area (Å²) in [6, 6.07) is 21.7. The Bertz CT molecular complexity index is 1290. The van der Waals surface area contributed by atoms with E-state index in [-0.39, 0.29) is 24.4 Å². The molecule has 0 bridgehead atoms. The molecule has 0 spiro atoms. The molecule has 1 heterocycles. The molecule has 0 fully saturated rings. The second-order valence-corrected chi connectivity index (χ2v) is 8.14. The van der Waals surface area contributed by atoms with Gasteiger partial charge in [-0.2, -0.15) is 5.10 Å². The summed E-state index contributed by atoms with van der Waals surface area (Å²) in [5.41, 5.74) is 2.60. The number of methoxy groups -OCH3 is 1. The van der Waals surface area contributed by atoms with E-state index in [1.807, 2.05) is 55.5 Å². The first kappa shape index (κ1) is 23.0. The first-order valence-corrected chi connectivity index (χ1v) is 11.2. The molecule has 0 unspecified atom stereocenters. The summed E-state index contributed by atoms with van der Waals surface area (Å²) in [6.45, 7) is 2.03. The highest BCUT2D eigenvalue weighted by atomic mass is 16.5. The molecule has 0 saturated carbocycles. The molecular formula is C27H28N4O3. The summed E-state index contributed by atoms with van der Waals surface area (Å²) in [6.07, 6.45) is 4.08. The summed E-state index contributed by atoms with van der Waals surface area (Å²) in [7, 11) is 1.62. The fourth-order valence-corrected chi connectivity index (χ4v) is 4.04. The van der Waals surface area contributed by atoms with Crippen molar-refractivity contribution in [1.82, 2.24) is 15.1 Å². The van der Waals surface area contributed by atoms with Crippen molar-refractivity contribution < 1.29 is 14.3 Å². The minimum Gasteiger partial charge on any atom is -0.496 e. The number of nitrogens with one attached hydrogen (secondary N) is 2. The van der Waals surface area contributed by atoms with Gasteiger partial charge in [-0.1, -0.05) is 60.7 Å². The lowest BCUT2D eigenvalue weighted by Crippen LogP contribution is -2.30. The van der Waals surface area contributed by atoms with E-state index < -0.39 is 0 Å². The number of rotatable bonds is 9. The van der Waals surface area contributed by atoms with Crippen LogP contribution in [0.5, 0.6) is 5.75 Å². The van der Waals surface area contributed by atoms with E-state index in [2.05, 4.69) is 33.9 Å².